The maximum absolute atomic E-state index is 12.9. The zero-order valence-electron chi connectivity index (χ0n) is 18.2. The Hall–Kier alpha value is -2.42. The van der Waals surface area contributed by atoms with Crippen molar-refractivity contribution in [2.24, 2.45) is 0 Å². The highest BCUT2D eigenvalue weighted by molar-refractivity contribution is 7.20. The van der Waals surface area contributed by atoms with E-state index >= 15 is 0 Å². The van der Waals surface area contributed by atoms with Crippen molar-refractivity contribution in [3.8, 4) is 5.69 Å². The SMILES string of the molecule is CC(=O)N1CCN(C2CC(NC(=O)c3cc4c(C)nn(-c5ccccc5Cl)c4s3)C2)CC1. The molecule has 0 atom stereocenters. The van der Waals surface area contributed by atoms with Crippen molar-refractivity contribution in [2.45, 2.75) is 38.8 Å². The molecule has 1 aromatic carbocycles. The Balaban J connectivity index is 1.23. The zero-order valence-corrected chi connectivity index (χ0v) is 19.7. The molecule has 5 rings (SSSR count). The number of carbonyl (C=O) groups is 2. The van der Waals surface area contributed by atoms with Gasteiger partial charge in [0.25, 0.3) is 5.91 Å². The van der Waals surface area contributed by atoms with Gasteiger partial charge in [-0.3, -0.25) is 14.5 Å². The lowest BCUT2D eigenvalue weighted by Gasteiger charge is -2.46. The third kappa shape index (κ3) is 3.91. The number of nitrogens with zero attached hydrogens (tertiary/aromatic N) is 4. The molecule has 1 aliphatic heterocycles. The van der Waals surface area contributed by atoms with E-state index in [9.17, 15) is 9.59 Å². The molecule has 0 radical (unpaired) electrons. The molecule has 2 fully saturated rings. The van der Waals surface area contributed by atoms with Crippen molar-refractivity contribution in [3.63, 3.8) is 0 Å². The molecule has 168 valence electrons. The molecule has 2 aromatic heterocycles. The van der Waals surface area contributed by atoms with E-state index in [0.29, 0.717) is 15.9 Å². The maximum atomic E-state index is 12.9. The van der Waals surface area contributed by atoms with Gasteiger partial charge < -0.3 is 10.2 Å². The first-order chi connectivity index (χ1) is 15.4. The first-order valence-corrected chi connectivity index (χ1v) is 12.1. The minimum absolute atomic E-state index is 0.0267. The second kappa shape index (κ2) is 8.50. The van der Waals surface area contributed by atoms with E-state index < -0.39 is 0 Å². The summed E-state index contributed by atoms with van der Waals surface area (Å²) in [6, 6.07) is 10.2. The third-order valence-electron chi connectivity index (χ3n) is 6.57. The first-order valence-electron chi connectivity index (χ1n) is 10.9. The number of carbonyl (C=O) groups excluding carboxylic acids is 2. The highest BCUT2D eigenvalue weighted by Crippen LogP contribution is 2.33. The second-order valence-electron chi connectivity index (χ2n) is 8.62. The van der Waals surface area contributed by atoms with Crippen molar-refractivity contribution in [1.82, 2.24) is 24.9 Å². The lowest BCUT2D eigenvalue weighted by Crippen LogP contribution is -2.58. The van der Waals surface area contributed by atoms with Crippen molar-refractivity contribution in [3.05, 3.63) is 45.9 Å². The van der Waals surface area contributed by atoms with E-state index in [4.69, 9.17) is 11.6 Å². The van der Waals surface area contributed by atoms with E-state index in [1.54, 1.807) is 6.92 Å². The monoisotopic (exact) mass is 471 g/mol. The van der Waals surface area contributed by atoms with E-state index in [-0.39, 0.29) is 17.9 Å². The van der Waals surface area contributed by atoms with Crippen molar-refractivity contribution in [1.29, 1.82) is 0 Å². The highest BCUT2D eigenvalue weighted by Gasteiger charge is 2.36. The Labute approximate surface area is 195 Å². The molecule has 1 saturated carbocycles. The Bertz CT molecular complexity index is 1170. The number of benzene rings is 1. The van der Waals surface area contributed by atoms with Gasteiger partial charge in [-0.15, -0.1) is 11.3 Å². The van der Waals surface area contributed by atoms with Gasteiger partial charge in [0, 0.05) is 50.6 Å². The molecule has 2 aliphatic rings. The molecule has 32 heavy (non-hydrogen) atoms. The average Bonchev–Trinajstić information content (AvgIpc) is 3.32. The molecule has 3 aromatic rings. The normalized spacial score (nSPS) is 21.5. The van der Waals surface area contributed by atoms with E-state index in [0.717, 1.165) is 60.6 Å². The molecule has 3 heterocycles. The number of para-hydroxylation sites is 1. The van der Waals surface area contributed by atoms with Crippen LogP contribution >= 0.6 is 22.9 Å². The smallest absolute Gasteiger partial charge is 0.261 e. The van der Waals surface area contributed by atoms with Crippen LogP contribution in [0.4, 0.5) is 0 Å². The van der Waals surface area contributed by atoms with Gasteiger partial charge in [0.2, 0.25) is 5.91 Å². The molecule has 2 amide bonds. The molecular weight excluding hydrogens is 446 g/mol. The van der Waals surface area contributed by atoms with Gasteiger partial charge in [-0.1, -0.05) is 23.7 Å². The largest absolute Gasteiger partial charge is 0.348 e. The Morgan fingerprint density at radius 2 is 1.88 bits per heavy atom. The topological polar surface area (TPSA) is 70.5 Å². The van der Waals surface area contributed by atoms with Crippen LogP contribution in [0.15, 0.2) is 30.3 Å². The van der Waals surface area contributed by atoms with E-state index in [1.165, 1.54) is 11.3 Å². The predicted molar refractivity (Wildman–Crippen MR) is 127 cm³/mol. The fourth-order valence-electron chi connectivity index (χ4n) is 4.61. The van der Waals surface area contributed by atoms with Crippen molar-refractivity contribution < 1.29 is 9.59 Å². The molecule has 0 unspecified atom stereocenters. The fraction of sp³-hybridized carbons (Fsp3) is 0.435. The Morgan fingerprint density at radius 3 is 2.56 bits per heavy atom. The van der Waals surface area contributed by atoms with Crippen molar-refractivity contribution in [2.75, 3.05) is 26.2 Å². The summed E-state index contributed by atoms with van der Waals surface area (Å²) in [5.74, 6) is 0.126. The molecule has 7 nitrogen and oxygen atoms in total. The van der Waals surface area contributed by atoms with Crippen LogP contribution in [-0.2, 0) is 4.79 Å². The maximum Gasteiger partial charge on any atom is 0.261 e. The number of aromatic nitrogens is 2. The molecule has 9 heteroatoms. The zero-order chi connectivity index (χ0) is 22.4. The van der Waals surface area contributed by atoms with Crippen molar-refractivity contribution >= 4 is 45.0 Å². The summed E-state index contributed by atoms with van der Waals surface area (Å²) < 4.78 is 1.83. The van der Waals surface area contributed by atoms with Gasteiger partial charge in [0.15, 0.2) is 0 Å². The minimum Gasteiger partial charge on any atom is -0.348 e. The Morgan fingerprint density at radius 1 is 1.16 bits per heavy atom. The number of rotatable bonds is 4. The summed E-state index contributed by atoms with van der Waals surface area (Å²) in [5, 5.41) is 9.43. The summed E-state index contributed by atoms with van der Waals surface area (Å²) in [4.78, 5) is 30.4. The summed E-state index contributed by atoms with van der Waals surface area (Å²) in [6.45, 7) is 7.01. The summed E-state index contributed by atoms with van der Waals surface area (Å²) in [7, 11) is 0. The number of thiophene rings is 1. The van der Waals surface area contributed by atoms with Crippen LogP contribution in [0.3, 0.4) is 0 Å². The summed E-state index contributed by atoms with van der Waals surface area (Å²) in [5.41, 5.74) is 1.69. The van der Waals surface area contributed by atoms with Gasteiger partial charge in [0.1, 0.15) is 4.83 Å². The van der Waals surface area contributed by atoms with Crippen LogP contribution in [0.25, 0.3) is 15.9 Å². The second-order valence-corrected chi connectivity index (χ2v) is 10.1. The number of piperazine rings is 1. The van der Waals surface area contributed by atoms with Gasteiger partial charge in [-0.2, -0.15) is 5.10 Å². The predicted octanol–water partition coefficient (Wildman–Crippen LogP) is 3.47. The van der Waals surface area contributed by atoms with Gasteiger partial charge in [0.05, 0.1) is 21.3 Å². The van der Waals surface area contributed by atoms with Gasteiger partial charge in [-0.25, -0.2) is 4.68 Å². The van der Waals surface area contributed by atoms with Crippen LogP contribution in [0.1, 0.15) is 35.1 Å². The summed E-state index contributed by atoms with van der Waals surface area (Å²) >= 11 is 7.82. The molecular formula is C23H26ClN5O2S. The number of fused-ring (bicyclic) bond motifs is 1. The fourth-order valence-corrected chi connectivity index (χ4v) is 5.90. The number of hydrogen-bond acceptors (Lipinski definition) is 5. The number of halogens is 1. The van der Waals surface area contributed by atoms with Gasteiger partial charge in [-0.05, 0) is 38.0 Å². The molecule has 0 bridgehead atoms. The van der Waals surface area contributed by atoms with Crippen LogP contribution in [-0.4, -0.2) is 69.7 Å². The average molecular weight is 472 g/mol. The lowest BCUT2D eigenvalue weighted by molar-refractivity contribution is -0.131. The Kier molecular flexibility index (Phi) is 5.69. The third-order valence-corrected chi connectivity index (χ3v) is 8.00. The lowest BCUT2D eigenvalue weighted by atomic mass is 9.85. The number of aryl methyl sites for hydroxylation is 1. The number of amides is 2. The standard InChI is InChI=1S/C23H26ClN5O2S/c1-14-18-13-21(32-23(18)29(26-14)20-6-4-3-5-19(20)24)22(31)25-16-11-17(12-16)28-9-7-27(8-10-28)15(2)30/h3-6,13,16-17H,7-12H2,1-2H3,(H,25,31). The minimum atomic E-state index is -0.0267. The quantitative estimate of drug-likeness (QED) is 0.632. The van der Waals surface area contributed by atoms with Crippen LogP contribution in [0.2, 0.25) is 5.02 Å². The molecule has 1 saturated heterocycles. The molecule has 1 N–H and O–H groups in total. The summed E-state index contributed by atoms with van der Waals surface area (Å²) in [6.07, 6.45) is 1.92. The van der Waals surface area contributed by atoms with Crippen LogP contribution < -0.4 is 5.32 Å². The molecule has 0 spiro atoms. The van der Waals surface area contributed by atoms with Crippen LogP contribution in [0, 0.1) is 6.92 Å². The van der Waals surface area contributed by atoms with E-state index in [1.807, 2.05) is 46.8 Å². The van der Waals surface area contributed by atoms with Crippen LogP contribution in [0.5, 0.6) is 0 Å². The number of hydrogen-bond donors (Lipinski definition) is 1. The van der Waals surface area contributed by atoms with E-state index in [2.05, 4.69) is 15.3 Å². The first kappa shape index (κ1) is 21.4. The molecule has 1 aliphatic carbocycles. The van der Waals surface area contributed by atoms with Gasteiger partial charge >= 0.3 is 0 Å². The number of nitrogens with one attached hydrogen (secondary N) is 1. The highest BCUT2D eigenvalue weighted by atomic mass is 35.5.